The fourth-order valence-electron chi connectivity index (χ4n) is 0. The third-order valence-electron chi connectivity index (χ3n) is 0. The Morgan fingerprint density at radius 2 is 1.25 bits per heavy atom. The molecule has 0 bridgehead atoms. The summed E-state index contributed by atoms with van der Waals surface area (Å²) in [5.41, 5.74) is 0. The minimum atomic E-state index is -0.833. The molecule has 1 radical (unpaired) electrons. The largest absolute Gasteiger partial charge is 0.481 e. The van der Waals surface area contributed by atoms with Crippen LogP contribution in [0.1, 0.15) is 6.92 Å². The van der Waals surface area contributed by atoms with Gasteiger partial charge >= 0.3 is 0 Å². The van der Waals surface area contributed by atoms with E-state index < -0.39 is 5.97 Å². The minimum Gasteiger partial charge on any atom is -0.481 e. The molecule has 0 aromatic carbocycles. The fraction of sp³-hybridized carbons (Fsp3) is 0.500. The number of aliphatic carboxylic acids is 1. The quantitative estimate of drug-likeness (QED) is 0.733. The van der Waals surface area contributed by atoms with E-state index in [1.54, 1.807) is 0 Å². The summed E-state index contributed by atoms with van der Waals surface area (Å²) in [5.74, 6) is -0.833. The van der Waals surface area contributed by atoms with E-state index >= 15 is 0 Å². The standard InChI is InChI=1S/C2H4O2.3ClH.Pr/c1-2(3)4;;;;/h1H3,(H,3,4);3*1H;. The predicted molar refractivity (Wildman–Crippen MR) is 35.1 cm³/mol. The summed E-state index contributed by atoms with van der Waals surface area (Å²) in [4.78, 5) is 9.00. The van der Waals surface area contributed by atoms with Crippen LogP contribution >= 0.6 is 37.2 Å². The van der Waals surface area contributed by atoms with Crippen molar-refractivity contribution in [2.75, 3.05) is 0 Å². The maximum Gasteiger partial charge on any atom is 0.300 e. The van der Waals surface area contributed by atoms with Gasteiger partial charge in [0.25, 0.3) is 5.97 Å². The first-order valence-electron chi connectivity index (χ1n) is 0.928. The number of hydrogen-bond acceptors (Lipinski definition) is 1. The molecule has 0 atom stereocenters. The average molecular weight is 310 g/mol. The van der Waals surface area contributed by atoms with Gasteiger partial charge in [0.1, 0.15) is 0 Å². The summed E-state index contributed by atoms with van der Waals surface area (Å²) in [5, 5.41) is 7.42. The molecule has 6 heteroatoms. The van der Waals surface area contributed by atoms with Gasteiger partial charge in [-0.15, -0.1) is 37.2 Å². The maximum atomic E-state index is 9.00. The molecular formula is C2H7Cl3O2Pr. The third kappa shape index (κ3) is 119. The molecule has 0 amide bonds. The minimum absolute atomic E-state index is 0. The van der Waals surface area contributed by atoms with Gasteiger partial charge in [0.05, 0.1) is 0 Å². The zero-order valence-electron chi connectivity index (χ0n) is 4.16. The molecule has 0 aromatic rings. The topological polar surface area (TPSA) is 37.3 Å². The van der Waals surface area contributed by atoms with Crippen molar-refractivity contribution in [3.8, 4) is 0 Å². The van der Waals surface area contributed by atoms with Crippen LogP contribution in [0.2, 0.25) is 0 Å². The van der Waals surface area contributed by atoms with Crippen LogP contribution in [0.3, 0.4) is 0 Å². The summed E-state index contributed by atoms with van der Waals surface area (Å²) in [6.07, 6.45) is 0. The Kier molecular flexibility index (Phi) is 97.0. The van der Waals surface area contributed by atoms with Crippen molar-refractivity contribution in [3.05, 3.63) is 0 Å². The van der Waals surface area contributed by atoms with Gasteiger partial charge in [-0.3, -0.25) is 4.79 Å². The van der Waals surface area contributed by atoms with Crippen LogP contribution in [0.15, 0.2) is 0 Å². The molecule has 0 fully saturated rings. The zero-order chi connectivity index (χ0) is 3.58. The summed E-state index contributed by atoms with van der Waals surface area (Å²) >= 11 is 0. The van der Waals surface area contributed by atoms with Crippen molar-refractivity contribution < 1.29 is 51.2 Å². The number of rotatable bonds is 0. The van der Waals surface area contributed by atoms with Gasteiger partial charge < -0.3 is 5.11 Å². The Bertz CT molecular complexity index is 38.3. The second kappa shape index (κ2) is 23.3. The second-order valence-corrected chi connectivity index (χ2v) is 0.519. The SMILES string of the molecule is CC(=O)O.Cl.Cl.Cl.[Pr]. The van der Waals surface area contributed by atoms with Crippen LogP contribution in [0, 0.1) is 41.3 Å². The molecule has 0 aliphatic rings. The van der Waals surface area contributed by atoms with Crippen molar-refractivity contribution in [1.82, 2.24) is 0 Å². The summed E-state index contributed by atoms with van der Waals surface area (Å²) < 4.78 is 0. The molecule has 0 rings (SSSR count). The predicted octanol–water partition coefficient (Wildman–Crippen LogP) is 1.36. The van der Waals surface area contributed by atoms with E-state index in [0.29, 0.717) is 0 Å². The Balaban J connectivity index is -0.00000000750. The van der Waals surface area contributed by atoms with Crippen molar-refractivity contribution in [3.63, 3.8) is 0 Å². The molecule has 1 N–H and O–H groups in total. The molecule has 0 saturated heterocycles. The van der Waals surface area contributed by atoms with Gasteiger partial charge in [-0.25, -0.2) is 0 Å². The van der Waals surface area contributed by atoms with E-state index in [1.807, 2.05) is 0 Å². The molecule has 0 unspecified atom stereocenters. The van der Waals surface area contributed by atoms with Crippen LogP contribution in [0.25, 0.3) is 0 Å². The summed E-state index contributed by atoms with van der Waals surface area (Å²) in [7, 11) is 0. The molecule has 0 spiro atoms. The van der Waals surface area contributed by atoms with Crippen molar-refractivity contribution in [1.29, 1.82) is 0 Å². The summed E-state index contributed by atoms with van der Waals surface area (Å²) in [6.45, 7) is 1.08. The molecule has 0 aliphatic carbocycles. The molecule has 0 aliphatic heterocycles. The van der Waals surface area contributed by atoms with Gasteiger partial charge in [0, 0.05) is 48.2 Å². The molecule has 8 heavy (non-hydrogen) atoms. The number of carboxylic acid groups (broad SMARTS) is 1. The molecule has 0 heterocycles. The van der Waals surface area contributed by atoms with Gasteiger partial charge in [-0.2, -0.15) is 0 Å². The van der Waals surface area contributed by atoms with Crippen molar-refractivity contribution >= 4 is 43.2 Å². The Morgan fingerprint density at radius 3 is 1.25 bits per heavy atom. The smallest absolute Gasteiger partial charge is 0.300 e. The Morgan fingerprint density at radius 1 is 1.25 bits per heavy atom. The molecule has 2 nitrogen and oxygen atoms in total. The second-order valence-electron chi connectivity index (χ2n) is 0.519. The van der Waals surface area contributed by atoms with Gasteiger partial charge in [-0.1, -0.05) is 0 Å². The Labute approximate surface area is 100.0 Å². The average Bonchev–Trinajstić information content (AvgIpc) is 0.811. The number of halogens is 3. The number of carbonyl (C=O) groups is 1. The Hall–Kier alpha value is 1.70. The van der Waals surface area contributed by atoms with Crippen LogP contribution < -0.4 is 0 Å². The van der Waals surface area contributed by atoms with Gasteiger partial charge in [0.2, 0.25) is 0 Å². The fourth-order valence-corrected chi connectivity index (χ4v) is 0. The van der Waals surface area contributed by atoms with Crippen molar-refractivity contribution in [2.24, 2.45) is 0 Å². The van der Waals surface area contributed by atoms with Crippen LogP contribution in [0.5, 0.6) is 0 Å². The van der Waals surface area contributed by atoms with E-state index in [4.69, 9.17) is 9.90 Å². The summed E-state index contributed by atoms with van der Waals surface area (Å²) in [6, 6.07) is 0. The molecule has 0 saturated carbocycles. The van der Waals surface area contributed by atoms with E-state index in [1.165, 1.54) is 0 Å². The van der Waals surface area contributed by atoms with Crippen LogP contribution in [0.4, 0.5) is 0 Å². The first-order chi connectivity index (χ1) is 1.73. The van der Waals surface area contributed by atoms with Crippen molar-refractivity contribution in [2.45, 2.75) is 6.92 Å². The number of carboxylic acids is 1. The van der Waals surface area contributed by atoms with Crippen LogP contribution in [-0.4, -0.2) is 11.1 Å². The van der Waals surface area contributed by atoms with Crippen LogP contribution in [-0.2, 0) is 4.79 Å². The van der Waals surface area contributed by atoms with E-state index in [2.05, 4.69) is 0 Å². The first kappa shape index (κ1) is 33.2. The third-order valence-corrected chi connectivity index (χ3v) is 0. The zero-order valence-corrected chi connectivity index (χ0v) is 10.3. The van der Waals surface area contributed by atoms with E-state index in [-0.39, 0.29) is 78.5 Å². The molecular weight excluding hydrogens is 303 g/mol. The van der Waals surface area contributed by atoms with E-state index in [0.717, 1.165) is 6.92 Å². The maximum absolute atomic E-state index is 9.00. The molecule has 51 valence electrons. The molecule has 0 aromatic heterocycles. The van der Waals surface area contributed by atoms with E-state index in [9.17, 15) is 0 Å². The normalized spacial score (nSPS) is 3.12. The first-order valence-corrected chi connectivity index (χ1v) is 0.928. The van der Waals surface area contributed by atoms with Gasteiger partial charge in [-0.05, 0) is 0 Å². The van der Waals surface area contributed by atoms with Gasteiger partial charge in [0.15, 0.2) is 0 Å². The number of hydrogen-bond donors (Lipinski definition) is 1. The monoisotopic (exact) mass is 309 g/mol.